The number of benzene rings is 1. The number of likely N-dealkylation sites (N-methyl/N-ethyl adjacent to an activating group) is 1. The highest BCUT2D eigenvalue weighted by Crippen LogP contribution is 2.22. The summed E-state index contributed by atoms with van der Waals surface area (Å²) in [5, 5.41) is 5.26. The summed E-state index contributed by atoms with van der Waals surface area (Å²) in [4.78, 5) is 55.3. The summed E-state index contributed by atoms with van der Waals surface area (Å²) in [5.74, 6) is -1.76. The third kappa shape index (κ3) is 13.7. The normalized spacial score (nSPS) is 11.0. The number of carbonyl (C=O) groups is 4. The van der Waals surface area contributed by atoms with Gasteiger partial charge in [0, 0.05) is 33.3 Å². The van der Waals surface area contributed by atoms with Gasteiger partial charge in [0.05, 0.1) is 26.4 Å². The third-order valence-corrected chi connectivity index (χ3v) is 7.15. The van der Waals surface area contributed by atoms with E-state index < -0.39 is 18.1 Å². The van der Waals surface area contributed by atoms with Crippen molar-refractivity contribution >= 4 is 58.5 Å². The van der Waals surface area contributed by atoms with Crippen LogP contribution in [0.15, 0.2) is 18.2 Å². The highest BCUT2D eigenvalue weighted by atomic mass is 35.5. The van der Waals surface area contributed by atoms with Gasteiger partial charge in [-0.05, 0) is 46.2 Å². The van der Waals surface area contributed by atoms with Crippen molar-refractivity contribution in [2.45, 2.75) is 65.5 Å². The number of amides is 3. The van der Waals surface area contributed by atoms with Crippen molar-refractivity contribution < 1.29 is 51.1 Å². The van der Waals surface area contributed by atoms with Crippen LogP contribution in [-0.2, 0) is 43.5 Å². The van der Waals surface area contributed by atoms with Crippen LogP contribution >= 0.6 is 11.6 Å². The van der Waals surface area contributed by atoms with Crippen LogP contribution in [0.5, 0.6) is 5.75 Å². The Hall–Kier alpha value is -4.91. The topological polar surface area (TPSA) is 210 Å². The van der Waals surface area contributed by atoms with Crippen LogP contribution in [0.1, 0.15) is 50.4 Å². The van der Waals surface area contributed by atoms with E-state index >= 15 is 0 Å². The molecular formula is C31H46ClF3N9O7+. The minimum Gasteiger partial charge on any atom is -0.497 e. The van der Waals surface area contributed by atoms with E-state index in [-0.39, 0.29) is 47.1 Å². The summed E-state index contributed by atoms with van der Waals surface area (Å²) < 4.78 is 50.5. The number of rotatable bonds is 12. The number of carbonyl (C=O) groups excluding carboxylic acids is 4. The van der Waals surface area contributed by atoms with Crippen molar-refractivity contribution in [1.29, 1.82) is 0 Å². The van der Waals surface area contributed by atoms with E-state index in [2.05, 4.69) is 25.3 Å². The van der Waals surface area contributed by atoms with Gasteiger partial charge in [-0.15, -0.1) is 0 Å². The Bertz CT molecular complexity index is 1650. The van der Waals surface area contributed by atoms with Crippen LogP contribution in [0.4, 0.5) is 24.8 Å². The number of nitrogen functional groups attached to an aromatic ring is 2. The summed E-state index contributed by atoms with van der Waals surface area (Å²) in [7, 11) is 5.67. The number of nitrogens with zero attached hydrogens (tertiary/aromatic N) is 5. The van der Waals surface area contributed by atoms with Crippen LogP contribution in [0, 0.1) is 0 Å². The molecule has 0 aliphatic rings. The van der Waals surface area contributed by atoms with Gasteiger partial charge < -0.3 is 41.2 Å². The molecule has 0 unspecified atom stereocenters. The number of anilines is 2. The molecule has 0 spiro atoms. The fraction of sp³-hybridized carbons (Fsp3) is 0.516. The summed E-state index contributed by atoms with van der Waals surface area (Å²) in [6, 6.07) is 5.56. The molecule has 6 N–H and O–H groups in total. The van der Waals surface area contributed by atoms with Crippen LogP contribution in [0.2, 0.25) is 5.15 Å². The molecule has 0 saturated carbocycles. The van der Waals surface area contributed by atoms with E-state index in [9.17, 15) is 32.3 Å². The number of alkyl halides is 3. The molecule has 0 radical (unpaired) electrons. The molecule has 2 aromatic heterocycles. The number of hydrogen-bond acceptors (Lipinski definition) is 11. The number of imidazole rings is 1. The zero-order valence-corrected chi connectivity index (χ0v) is 30.6. The fourth-order valence-corrected chi connectivity index (χ4v) is 4.17. The number of aromatic nitrogens is 4. The standard InChI is InChI=1S/C23H30ClN9O4.C5H12O.C3H3F3O2/c1-4-32-16-10-14(37-3)6-7-15(16)33(12-18(35)31(2)9-5-8-27-13-34)17(32)11-28-23(36)19-21(25)30-22(26)20(24)29-19;1-5(2,3)6-4;1-8-2(7)3(4,5)6/h6-7,10,13H,4-5,8-9,11-12H2,1-3H3,(H5-,25,26,27,28,30,34,36);1-4H3;1H3/p+1. The lowest BCUT2D eigenvalue weighted by Crippen LogP contribution is -2.47. The molecule has 0 atom stereocenters. The Balaban J connectivity index is 0.000000780. The van der Waals surface area contributed by atoms with Gasteiger partial charge in [0.2, 0.25) is 6.41 Å². The van der Waals surface area contributed by atoms with Crippen LogP contribution in [0.25, 0.3) is 11.0 Å². The first-order valence-corrected chi connectivity index (χ1v) is 15.7. The van der Waals surface area contributed by atoms with Crippen LogP contribution in [-0.4, -0.2) is 96.9 Å². The SMILES string of the molecule is CCn1c(CNC(=O)c2nc(Cl)c(N)nc2N)[n+](CC(=O)N(C)CCCNC=O)c2ccc(OC)cc21.COC(=O)C(F)(F)F.COC(C)(C)C. The van der Waals surface area contributed by atoms with Gasteiger partial charge in [-0.3, -0.25) is 14.4 Å². The van der Waals surface area contributed by atoms with E-state index in [1.54, 1.807) is 26.2 Å². The first kappa shape index (κ1) is 44.1. The van der Waals surface area contributed by atoms with E-state index in [0.29, 0.717) is 51.1 Å². The smallest absolute Gasteiger partial charge is 0.490 e. The van der Waals surface area contributed by atoms with E-state index in [1.807, 2.05) is 55.0 Å². The first-order valence-electron chi connectivity index (χ1n) is 15.3. The highest BCUT2D eigenvalue weighted by Gasteiger charge is 2.40. The van der Waals surface area contributed by atoms with Crippen molar-refractivity contribution in [2.24, 2.45) is 0 Å². The average molecular weight is 749 g/mol. The van der Waals surface area contributed by atoms with Crippen molar-refractivity contribution in [2.75, 3.05) is 52.9 Å². The average Bonchev–Trinajstić information content (AvgIpc) is 3.37. The van der Waals surface area contributed by atoms with Gasteiger partial charge >= 0.3 is 12.1 Å². The quantitative estimate of drug-likeness (QED) is 0.0914. The number of hydrogen-bond donors (Lipinski definition) is 4. The van der Waals surface area contributed by atoms with E-state index in [0.717, 1.165) is 11.0 Å². The maximum absolute atomic E-state index is 13.1. The molecule has 51 heavy (non-hydrogen) atoms. The largest absolute Gasteiger partial charge is 0.497 e. The molecule has 284 valence electrons. The van der Waals surface area contributed by atoms with Gasteiger partial charge in [-0.2, -0.15) is 13.2 Å². The molecule has 0 bridgehead atoms. The number of esters is 1. The maximum atomic E-state index is 13.1. The van der Waals surface area contributed by atoms with Crippen molar-refractivity contribution in [3.63, 3.8) is 0 Å². The van der Waals surface area contributed by atoms with Crippen molar-refractivity contribution in [1.82, 2.24) is 30.1 Å². The molecule has 3 aromatic rings. The van der Waals surface area contributed by atoms with Gasteiger partial charge in [0.15, 0.2) is 40.1 Å². The summed E-state index contributed by atoms with van der Waals surface area (Å²) >= 11 is 5.93. The van der Waals surface area contributed by atoms with Gasteiger partial charge in [0.1, 0.15) is 12.3 Å². The number of nitrogens with one attached hydrogen (secondary N) is 2. The number of fused-ring (bicyclic) bond motifs is 1. The second kappa shape index (κ2) is 20.1. The fourth-order valence-electron chi connectivity index (χ4n) is 4.04. The number of nitrogens with two attached hydrogens (primary N) is 2. The monoisotopic (exact) mass is 748 g/mol. The predicted molar refractivity (Wildman–Crippen MR) is 183 cm³/mol. The Morgan fingerprint density at radius 1 is 1.10 bits per heavy atom. The maximum Gasteiger partial charge on any atom is 0.490 e. The third-order valence-electron chi connectivity index (χ3n) is 6.88. The Labute approximate surface area is 298 Å². The Morgan fingerprint density at radius 3 is 2.22 bits per heavy atom. The molecular weight excluding hydrogens is 703 g/mol. The summed E-state index contributed by atoms with van der Waals surface area (Å²) in [6.07, 6.45) is -3.60. The molecule has 0 fully saturated rings. The number of halogens is 4. The molecule has 0 saturated heterocycles. The molecule has 16 nitrogen and oxygen atoms in total. The highest BCUT2D eigenvalue weighted by molar-refractivity contribution is 6.31. The zero-order valence-electron chi connectivity index (χ0n) is 29.8. The van der Waals surface area contributed by atoms with Gasteiger partial charge in [0.25, 0.3) is 17.6 Å². The van der Waals surface area contributed by atoms with E-state index in [4.69, 9.17) is 32.5 Å². The van der Waals surface area contributed by atoms with Crippen molar-refractivity contribution in [3.8, 4) is 5.75 Å². The lowest BCUT2D eigenvalue weighted by Gasteiger charge is -2.16. The lowest BCUT2D eigenvalue weighted by atomic mass is 10.2. The van der Waals surface area contributed by atoms with Crippen LogP contribution < -0.4 is 31.4 Å². The number of aryl methyl sites for hydroxylation is 1. The second-order valence-electron chi connectivity index (χ2n) is 11.5. The Morgan fingerprint density at radius 2 is 1.73 bits per heavy atom. The number of methoxy groups -OCH3 is 3. The molecule has 3 amide bonds. The first-order chi connectivity index (χ1) is 23.8. The lowest BCUT2D eigenvalue weighted by molar-refractivity contribution is -0.668. The van der Waals surface area contributed by atoms with E-state index in [1.165, 1.54) is 0 Å². The minimum atomic E-state index is -4.85. The molecule has 1 aromatic carbocycles. The van der Waals surface area contributed by atoms with Gasteiger partial charge in [-0.25, -0.2) is 23.9 Å². The van der Waals surface area contributed by atoms with Crippen molar-refractivity contribution in [3.05, 3.63) is 34.9 Å². The van der Waals surface area contributed by atoms with Gasteiger partial charge in [-0.1, -0.05) is 11.6 Å². The Kier molecular flexibility index (Phi) is 17.4. The van der Waals surface area contributed by atoms with Crippen LogP contribution in [0.3, 0.4) is 0 Å². The molecule has 20 heteroatoms. The molecule has 2 heterocycles. The minimum absolute atomic E-state index is 0.0360. The molecule has 3 rings (SSSR count). The summed E-state index contributed by atoms with van der Waals surface area (Å²) in [5.41, 5.74) is 13.0. The summed E-state index contributed by atoms with van der Waals surface area (Å²) in [6.45, 7) is 9.64. The second-order valence-corrected chi connectivity index (χ2v) is 11.8. The zero-order chi connectivity index (χ0) is 39.1. The number of ether oxygens (including phenoxy) is 3. The molecule has 0 aliphatic heterocycles. The predicted octanol–water partition coefficient (Wildman–Crippen LogP) is 2.24. The molecule has 0 aliphatic carbocycles.